The highest BCUT2D eigenvalue weighted by atomic mass is 16.4. The van der Waals surface area contributed by atoms with Crippen molar-refractivity contribution in [2.45, 2.75) is 64.4 Å². The Morgan fingerprint density at radius 3 is 2.18 bits per heavy atom. The average Bonchev–Trinajstić information content (AvgIpc) is 2.31. The second-order valence-electron chi connectivity index (χ2n) is 7.63. The maximum Gasteiger partial charge on any atom is 0.306 e. The van der Waals surface area contributed by atoms with E-state index in [1.807, 2.05) is 28.1 Å². The molecule has 0 aromatic carbocycles. The molecule has 0 saturated heterocycles. The number of likely N-dealkylation sites (N-methyl/N-ethyl adjacent to an activating group) is 1. The van der Waals surface area contributed by atoms with Crippen LogP contribution in [0.2, 0.25) is 0 Å². The van der Waals surface area contributed by atoms with Crippen molar-refractivity contribution in [1.29, 1.82) is 0 Å². The summed E-state index contributed by atoms with van der Waals surface area (Å²) in [5.41, 5.74) is -1.78. The van der Waals surface area contributed by atoms with Gasteiger partial charge in [0, 0.05) is 6.42 Å². The standard InChI is InChI=1S/C17H33NO4/c1-6-7-8-9-10-14(2)11-15(19)17(22,12-16(20)21)13-18(3,4)5/h14,22H,6-13H2,1-5H3/p+1. The first kappa shape index (κ1) is 21.1. The molecule has 0 rings (SSSR count). The van der Waals surface area contributed by atoms with Gasteiger partial charge in [0.2, 0.25) is 0 Å². The van der Waals surface area contributed by atoms with Gasteiger partial charge >= 0.3 is 5.97 Å². The number of carbonyl (C=O) groups is 2. The molecule has 5 nitrogen and oxygen atoms in total. The van der Waals surface area contributed by atoms with Gasteiger partial charge in [0.25, 0.3) is 0 Å². The summed E-state index contributed by atoms with van der Waals surface area (Å²) in [5, 5.41) is 19.6. The fraction of sp³-hybridized carbons (Fsp3) is 0.882. The van der Waals surface area contributed by atoms with Crippen molar-refractivity contribution in [2.75, 3.05) is 27.7 Å². The van der Waals surface area contributed by atoms with Crippen LogP contribution in [0.4, 0.5) is 0 Å². The maximum atomic E-state index is 12.5. The van der Waals surface area contributed by atoms with Crippen LogP contribution in [-0.2, 0) is 9.59 Å². The summed E-state index contributed by atoms with van der Waals surface area (Å²) in [7, 11) is 5.52. The minimum Gasteiger partial charge on any atom is -0.481 e. The number of rotatable bonds is 12. The van der Waals surface area contributed by atoms with E-state index in [1.54, 1.807) is 0 Å². The Morgan fingerprint density at radius 2 is 1.73 bits per heavy atom. The molecule has 0 radical (unpaired) electrons. The number of quaternary nitrogens is 1. The van der Waals surface area contributed by atoms with Gasteiger partial charge in [-0.2, -0.15) is 0 Å². The summed E-state index contributed by atoms with van der Waals surface area (Å²) in [6.07, 6.45) is 5.28. The van der Waals surface area contributed by atoms with Crippen molar-refractivity contribution in [3.8, 4) is 0 Å². The van der Waals surface area contributed by atoms with Crippen LogP contribution in [0.3, 0.4) is 0 Å². The summed E-state index contributed by atoms with van der Waals surface area (Å²) in [4.78, 5) is 23.5. The summed E-state index contributed by atoms with van der Waals surface area (Å²) in [6, 6.07) is 0. The number of aliphatic hydroxyl groups is 1. The minimum atomic E-state index is -1.78. The first-order valence-corrected chi connectivity index (χ1v) is 8.28. The lowest BCUT2D eigenvalue weighted by molar-refractivity contribution is -0.875. The van der Waals surface area contributed by atoms with E-state index in [0.717, 1.165) is 19.3 Å². The lowest BCUT2D eigenvalue weighted by Gasteiger charge is -2.34. The lowest BCUT2D eigenvalue weighted by Crippen LogP contribution is -2.55. The summed E-state index contributed by atoms with van der Waals surface area (Å²) < 4.78 is 0.348. The Morgan fingerprint density at radius 1 is 1.14 bits per heavy atom. The quantitative estimate of drug-likeness (QED) is 0.428. The fourth-order valence-electron chi connectivity index (χ4n) is 2.81. The monoisotopic (exact) mass is 316 g/mol. The van der Waals surface area contributed by atoms with Gasteiger partial charge in [-0.1, -0.05) is 46.0 Å². The molecule has 0 aliphatic carbocycles. The van der Waals surface area contributed by atoms with E-state index in [1.165, 1.54) is 12.8 Å². The van der Waals surface area contributed by atoms with Crippen LogP contribution in [0.1, 0.15) is 58.8 Å². The molecule has 5 heteroatoms. The van der Waals surface area contributed by atoms with E-state index in [9.17, 15) is 14.7 Å². The normalized spacial score (nSPS) is 16.1. The number of aliphatic carboxylic acids is 1. The molecular formula is C17H34NO4+. The van der Waals surface area contributed by atoms with Crippen molar-refractivity contribution in [3.05, 3.63) is 0 Å². The zero-order chi connectivity index (χ0) is 17.4. The van der Waals surface area contributed by atoms with Crippen molar-refractivity contribution in [1.82, 2.24) is 0 Å². The predicted octanol–water partition coefficient (Wildman–Crippen LogP) is 2.46. The van der Waals surface area contributed by atoms with Gasteiger partial charge in [-0.15, -0.1) is 0 Å². The van der Waals surface area contributed by atoms with Crippen LogP contribution >= 0.6 is 0 Å². The van der Waals surface area contributed by atoms with Gasteiger partial charge in [-0.3, -0.25) is 9.59 Å². The lowest BCUT2D eigenvalue weighted by atomic mass is 9.86. The van der Waals surface area contributed by atoms with E-state index in [-0.39, 0.29) is 24.7 Å². The SMILES string of the molecule is CCCCCCC(C)CC(=O)C(O)(CC(=O)O)C[N+](C)(C)C. The number of carboxylic acid groups (broad SMARTS) is 1. The molecule has 0 bridgehead atoms. The van der Waals surface area contributed by atoms with Crippen LogP contribution in [-0.4, -0.2) is 59.7 Å². The molecule has 0 amide bonds. The molecule has 0 aliphatic heterocycles. The maximum absolute atomic E-state index is 12.5. The second kappa shape index (κ2) is 9.26. The predicted molar refractivity (Wildman–Crippen MR) is 87.6 cm³/mol. The zero-order valence-electron chi connectivity index (χ0n) is 14.9. The van der Waals surface area contributed by atoms with Crippen LogP contribution in [0, 0.1) is 5.92 Å². The summed E-state index contributed by atoms with van der Waals surface area (Å²) in [6.45, 7) is 4.27. The Balaban J connectivity index is 4.66. The molecule has 0 aromatic rings. The highest BCUT2D eigenvalue weighted by Crippen LogP contribution is 2.22. The third kappa shape index (κ3) is 9.15. The Kier molecular flexibility index (Phi) is 8.86. The minimum absolute atomic E-state index is 0.112. The molecule has 0 spiro atoms. The molecule has 130 valence electrons. The van der Waals surface area contributed by atoms with Crippen LogP contribution in [0.25, 0.3) is 0 Å². The molecule has 22 heavy (non-hydrogen) atoms. The highest BCUT2D eigenvalue weighted by molar-refractivity contribution is 5.91. The number of carboxylic acids is 1. The van der Waals surface area contributed by atoms with Crippen LogP contribution in [0.5, 0.6) is 0 Å². The number of hydrogen-bond acceptors (Lipinski definition) is 3. The highest BCUT2D eigenvalue weighted by Gasteiger charge is 2.43. The average molecular weight is 316 g/mol. The van der Waals surface area contributed by atoms with E-state index >= 15 is 0 Å². The molecule has 2 N–H and O–H groups in total. The molecule has 0 heterocycles. The largest absolute Gasteiger partial charge is 0.481 e. The van der Waals surface area contributed by atoms with Gasteiger partial charge in [0.1, 0.15) is 6.54 Å². The van der Waals surface area contributed by atoms with Crippen molar-refractivity contribution in [2.24, 2.45) is 5.92 Å². The Labute approximate surface area is 134 Å². The zero-order valence-corrected chi connectivity index (χ0v) is 14.9. The van der Waals surface area contributed by atoms with Crippen molar-refractivity contribution < 1.29 is 24.3 Å². The molecule has 0 saturated carbocycles. The Bertz CT molecular complexity index is 362. The van der Waals surface area contributed by atoms with Crippen LogP contribution in [0.15, 0.2) is 0 Å². The van der Waals surface area contributed by atoms with Crippen LogP contribution < -0.4 is 0 Å². The number of ketones is 1. The van der Waals surface area contributed by atoms with E-state index < -0.39 is 18.0 Å². The van der Waals surface area contributed by atoms with Crippen molar-refractivity contribution in [3.63, 3.8) is 0 Å². The topological polar surface area (TPSA) is 74.6 Å². The molecule has 0 aromatic heterocycles. The third-order valence-corrected chi connectivity index (χ3v) is 3.78. The molecule has 0 fully saturated rings. The molecule has 2 atom stereocenters. The van der Waals surface area contributed by atoms with Crippen molar-refractivity contribution >= 4 is 11.8 Å². The number of carbonyl (C=O) groups excluding carboxylic acids is 1. The van der Waals surface area contributed by atoms with E-state index in [4.69, 9.17) is 5.11 Å². The number of hydrogen-bond donors (Lipinski definition) is 2. The summed E-state index contributed by atoms with van der Waals surface area (Å²) >= 11 is 0. The van der Waals surface area contributed by atoms with Gasteiger partial charge in [-0.05, 0) is 5.92 Å². The van der Waals surface area contributed by atoms with E-state index in [2.05, 4.69) is 6.92 Å². The van der Waals surface area contributed by atoms with Gasteiger partial charge in [0.05, 0.1) is 27.6 Å². The molecular weight excluding hydrogens is 282 g/mol. The molecule has 0 aliphatic rings. The number of Topliss-reactive ketones (excluding diaryl/α,β-unsaturated/α-hetero) is 1. The van der Waals surface area contributed by atoms with Gasteiger partial charge < -0.3 is 14.7 Å². The number of unbranched alkanes of at least 4 members (excludes halogenated alkanes) is 3. The fourth-order valence-corrected chi connectivity index (χ4v) is 2.81. The first-order valence-electron chi connectivity index (χ1n) is 8.28. The third-order valence-electron chi connectivity index (χ3n) is 3.78. The number of nitrogens with zero attached hydrogens (tertiary/aromatic N) is 1. The van der Waals surface area contributed by atoms with E-state index in [0.29, 0.717) is 4.48 Å². The van der Waals surface area contributed by atoms with Gasteiger partial charge in [-0.25, -0.2) is 0 Å². The second-order valence-corrected chi connectivity index (χ2v) is 7.63. The molecule has 2 unspecified atom stereocenters. The Hall–Kier alpha value is -0.940. The summed E-state index contributed by atoms with van der Waals surface area (Å²) in [5.74, 6) is -1.30. The first-order chi connectivity index (χ1) is 10.00. The smallest absolute Gasteiger partial charge is 0.306 e. The van der Waals surface area contributed by atoms with Gasteiger partial charge in [0.15, 0.2) is 11.4 Å².